The number of rotatable bonds is 4. The highest BCUT2D eigenvalue weighted by molar-refractivity contribution is 7.13. The molecule has 0 fully saturated rings. The van der Waals surface area contributed by atoms with Crippen LogP contribution in [0.25, 0.3) is 0 Å². The first-order chi connectivity index (χ1) is 17.6. The van der Waals surface area contributed by atoms with E-state index in [-0.39, 0.29) is 31.8 Å². The molecule has 0 bridgehead atoms. The Morgan fingerprint density at radius 3 is 2.67 bits per heavy atom. The fourth-order valence-electron chi connectivity index (χ4n) is 5.22. The van der Waals surface area contributed by atoms with Gasteiger partial charge in [-0.05, 0) is 29.3 Å². The second-order valence-electron chi connectivity index (χ2n) is 8.75. The Kier molecular flexibility index (Phi) is 4.55. The summed E-state index contributed by atoms with van der Waals surface area (Å²) in [7, 11) is 0. The predicted octanol–water partition coefficient (Wildman–Crippen LogP) is 4.35. The third-order valence-electron chi connectivity index (χ3n) is 6.89. The standard InChI is InChI=1S/C27H19N3O5S/c31-24(29-26-28-9-10-36-26)17-6-2-1-5-16(17)13-30-20-8-4-3-7-18(20)27(25(30)32)14-33-21-12-23-22(11-19(21)27)34-15-35-23/h1-12H,13-15H2,(H,28,29,31). The number of carbonyl (C=O) groups excluding carboxylic acids is 2. The third kappa shape index (κ3) is 2.96. The van der Waals surface area contributed by atoms with Gasteiger partial charge in [0.05, 0.1) is 6.54 Å². The molecule has 1 aromatic heterocycles. The van der Waals surface area contributed by atoms with Gasteiger partial charge in [0.2, 0.25) is 12.7 Å². The number of ether oxygens (including phenoxy) is 3. The normalized spacial score (nSPS) is 18.8. The van der Waals surface area contributed by atoms with Crippen molar-refractivity contribution >= 4 is 34.0 Å². The van der Waals surface area contributed by atoms with Crippen molar-refractivity contribution in [3.05, 3.63) is 94.5 Å². The Bertz CT molecular complexity index is 1540. The van der Waals surface area contributed by atoms with Crippen molar-refractivity contribution in [1.82, 2.24) is 4.98 Å². The van der Waals surface area contributed by atoms with E-state index in [1.165, 1.54) is 11.3 Å². The summed E-state index contributed by atoms with van der Waals surface area (Å²) >= 11 is 1.35. The number of thiazole rings is 1. The van der Waals surface area contributed by atoms with Gasteiger partial charge in [0.1, 0.15) is 17.8 Å². The molecule has 4 aromatic rings. The highest BCUT2D eigenvalue weighted by atomic mass is 32.1. The van der Waals surface area contributed by atoms with Crippen molar-refractivity contribution in [2.75, 3.05) is 23.6 Å². The number of carbonyl (C=O) groups is 2. The molecule has 3 aromatic carbocycles. The molecule has 8 nitrogen and oxygen atoms in total. The van der Waals surface area contributed by atoms with Gasteiger partial charge in [-0.25, -0.2) is 4.98 Å². The van der Waals surface area contributed by atoms with E-state index in [0.717, 1.165) is 22.4 Å². The Labute approximate surface area is 210 Å². The van der Waals surface area contributed by atoms with Crippen molar-refractivity contribution in [2.45, 2.75) is 12.0 Å². The molecule has 9 heteroatoms. The maximum atomic E-state index is 14.3. The molecule has 1 atom stereocenters. The Morgan fingerprint density at radius 1 is 1.00 bits per heavy atom. The molecule has 3 aliphatic rings. The van der Waals surface area contributed by atoms with Crippen molar-refractivity contribution < 1.29 is 23.8 Å². The minimum atomic E-state index is -0.995. The first kappa shape index (κ1) is 21.0. The van der Waals surface area contributed by atoms with Gasteiger partial charge in [0, 0.05) is 34.5 Å². The third-order valence-corrected chi connectivity index (χ3v) is 7.58. The van der Waals surface area contributed by atoms with Gasteiger partial charge in [-0.2, -0.15) is 0 Å². The van der Waals surface area contributed by atoms with Crippen LogP contribution in [0.2, 0.25) is 0 Å². The number of aromatic nitrogens is 1. The Hall–Kier alpha value is -4.37. The molecule has 1 N–H and O–H groups in total. The first-order valence-electron chi connectivity index (χ1n) is 11.4. The lowest BCUT2D eigenvalue weighted by Gasteiger charge is -2.24. The topological polar surface area (TPSA) is 90.0 Å². The second kappa shape index (κ2) is 7.82. The maximum absolute atomic E-state index is 14.3. The lowest BCUT2D eigenvalue weighted by atomic mass is 9.77. The number of hydrogen-bond acceptors (Lipinski definition) is 7. The van der Waals surface area contributed by atoms with Gasteiger partial charge >= 0.3 is 0 Å². The van der Waals surface area contributed by atoms with Crippen LogP contribution >= 0.6 is 11.3 Å². The Balaban J connectivity index is 1.29. The number of amides is 2. The lowest BCUT2D eigenvalue weighted by molar-refractivity contribution is -0.122. The van der Waals surface area contributed by atoms with E-state index < -0.39 is 5.41 Å². The van der Waals surface area contributed by atoms with Crippen LogP contribution in [0.15, 0.2) is 72.2 Å². The van der Waals surface area contributed by atoms with Crippen LogP contribution in [-0.2, 0) is 16.8 Å². The lowest BCUT2D eigenvalue weighted by Crippen LogP contribution is -2.42. The number of anilines is 2. The fraction of sp³-hybridized carbons (Fsp3) is 0.148. The van der Waals surface area contributed by atoms with Crippen LogP contribution < -0.4 is 24.4 Å². The summed E-state index contributed by atoms with van der Waals surface area (Å²) < 4.78 is 17.2. The van der Waals surface area contributed by atoms with E-state index in [4.69, 9.17) is 14.2 Å². The largest absolute Gasteiger partial charge is 0.491 e. The number of nitrogens with one attached hydrogen (secondary N) is 1. The van der Waals surface area contributed by atoms with E-state index >= 15 is 0 Å². The SMILES string of the molecule is O=C(Nc1nccs1)c1ccccc1CN1C(=O)C2(COc3cc4c(cc32)OCO4)c2ccccc21. The molecule has 178 valence electrons. The average Bonchev–Trinajstić information content (AvgIpc) is 3.69. The zero-order chi connectivity index (χ0) is 24.3. The quantitative estimate of drug-likeness (QED) is 0.451. The number of para-hydroxylation sites is 1. The highest BCUT2D eigenvalue weighted by Crippen LogP contribution is 2.55. The molecule has 4 heterocycles. The van der Waals surface area contributed by atoms with Crippen LogP contribution in [0.4, 0.5) is 10.8 Å². The number of benzene rings is 3. The highest BCUT2D eigenvalue weighted by Gasteiger charge is 2.57. The van der Waals surface area contributed by atoms with E-state index in [2.05, 4.69) is 10.3 Å². The number of fused-ring (bicyclic) bond motifs is 5. The number of nitrogens with zero attached hydrogens (tertiary/aromatic N) is 2. The van der Waals surface area contributed by atoms with E-state index in [0.29, 0.717) is 27.9 Å². The molecule has 0 saturated heterocycles. The van der Waals surface area contributed by atoms with Crippen LogP contribution in [0.3, 0.4) is 0 Å². The maximum Gasteiger partial charge on any atom is 0.257 e. The fourth-order valence-corrected chi connectivity index (χ4v) is 5.75. The molecular formula is C27H19N3O5S. The van der Waals surface area contributed by atoms with Gasteiger partial charge < -0.3 is 19.1 Å². The molecule has 36 heavy (non-hydrogen) atoms. The van der Waals surface area contributed by atoms with Gasteiger partial charge in [-0.1, -0.05) is 36.4 Å². The first-order valence-corrected chi connectivity index (χ1v) is 12.3. The summed E-state index contributed by atoms with van der Waals surface area (Å²) in [6, 6.07) is 18.7. The molecule has 0 aliphatic carbocycles. The molecule has 3 aliphatic heterocycles. The summed E-state index contributed by atoms with van der Waals surface area (Å²) in [5.74, 6) is 1.47. The number of hydrogen-bond donors (Lipinski definition) is 1. The molecule has 1 unspecified atom stereocenters. The minimum Gasteiger partial charge on any atom is -0.491 e. The summed E-state index contributed by atoms with van der Waals surface area (Å²) in [4.78, 5) is 33.2. The molecule has 7 rings (SSSR count). The van der Waals surface area contributed by atoms with E-state index in [1.54, 1.807) is 28.6 Å². The van der Waals surface area contributed by atoms with Gasteiger partial charge in [0.25, 0.3) is 5.91 Å². The zero-order valence-corrected chi connectivity index (χ0v) is 19.7. The molecule has 0 radical (unpaired) electrons. The minimum absolute atomic E-state index is 0.101. The van der Waals surface area contributed by atoms with Crippen LogP contribution in [0.5, 0.6) is 17.2 Å². The van der Waals surface area contributed by atoms with Gasteiger partial charge in [-0.15, -0.1) is 11.3 Å². The zero-order valence-electron chi connectivity index (χ0n) is 18.9. The second-order valence-corrected chi connectivity index (χ2v) is 9.65. The molecule has 0 saturated carbocycles. The Morgan fingerprint density at radius 2 is 1.81 bits per heavy atom. The van der Waals surface area contributed by atoms with Crippen LogP contribution in [0.1, 0.15) is 27.0 Å². The smallest absolute Gasteiger partial charge is 0.257 e. The molecule has 1 spiro atoms. The van der Waals surface area contributed by atoms with Gasteiger partial charge in [0.15, 0.2) is 16.6 Å². The van der Waals surface area contributed by atoms with Gasteiger partial charge in [-0.3, -0.25) is 14.9 Å². The average molecular weight is 498 g/mol. The van der Waals surface area contributed by atoms with Crippen LogP contribution in [0, 0.1) is 0 Å². The van der Waals surface area contributed by atoms with E-state index in [9.17, 15) is 9.59 Å². The summed E-state index contributed by atoms with van der Waals surface area (Å²) in [6.07, 6.45) is 1.64. The van der Waals surface area contributed by atoms with Crippen LogP contribution in [-0.4, -0.2) is 30.2 Å². The molecular weight excluding hydrogens is 478 g/mol. The van der Waals surface area contributed by atoms with Crippen molar-refractivity contribution in [3.63, 3.8) is 0 Å². The summed E-state index contributed by atoms with van der Waals surface area (Å²) in [5.41, 5.74) is 2.66. The molecule has 2 amide bonds. The predicted molar refractivity (Wildman–Crippen MR) is 133 cm³/mol. The van der Waals surface area contributed by atoms with Crippen molar-refractivity contribution in [2.24, 2.45) is 0 Å². The van der Waals surface area contributed by atoms with Crippen molar-refractivity contribution in [1.29, 1.82) is 0 Å². The van der Waals surface area contributed by atoms with Crippen molar-refractivity contribution in [3.8, 4) is 17.2 Å². The van der Waals surface area contributed by atoms with E-state index in [1.807, 2.05) is 48.5 Å². The summed E-state index contributed by atoms with van der Waals surface area (Å²) in [5, 5.41) is 5.16. The summed E-state index contributed by atoms with van der Waals surface area (Å²) in [6.45, 7) is 0.560. The monoisotopic (exact) mass is 497 g/mol.